The maximum absolute atomic E-state index is 12.3. The molecule has 1 aliphatic rings. The molecule has 2 aromatic rings. The minimum absolute atomic E-state index is 0.0276. The number of ether oxygens (including phenoxy) is 1. The van der Waals surface area contributed by atoms with Gasteiger partial charge in [-0.1, -0.05) is 0 Å². The molecule has 1 amide bonds. The lowest BCUT2D eigenvalue weighted by molar-refractivity contribution is -0.127. The van der Waals surface area contributed by atoms with E-state index >= 15 is 0 Å². The number of hydrogen-bond acceptors (Lipinski definition) is 6. The van der Waals surface area contributed by atoms with E-state index in [9.17, 15) is 14.4 Å². The Balaban J connectivity index is 1.70. The maximum Gasteiger partial charge on any atom is 0.343 e. The second-order valence-electron chi connectivity index (χ2n) is 7.37. The van der Waals surface area contributed by atoms with E-state index < -0.39 is 5.97 Å². The SMILES string of the molecule is CCOC(=O)c1c[nH]n2c(=O)cc(CN3CCC(C(=O)NC(C)C)CC3)nc12. The number of rotatable bonds is 6. The van der Waals surface area contributed by atoms with Gasteiger partial charge in [-0.3, -0.25) is 19.6 Å². The number of esters is 1. The summed E-state index contributed by atoms with van der Waals surface area (Å²) in [5, 5.41) is 5.71. The zero-order valence-corrected chi connectivity index (χ0v) is 16.5. The van der Waals surface area contributed by atoms with Crippen LogP contribution in [0.15, 0.2) is 17.1 Å². The summed E-state index contributed by atoms with van der Waals surface area (Å²) in [5.41, 5.74) is 0.832. The fraction of sp³-hybridized carbons (Fsp3) is 0.579. The van der Waals surface area contributed by atoms with Gasteiger partial charge in [0.05, 0.1) is 12.3 Å². The molecule has 0 atom stereocenters. The smallest absolute Gasteiger partial charge is 0.343 e. The van der Waals surface area contributed by atoms with Crippen molar-refractivity contribution in [3.05, 3.63) is 33.9 Å². The molecule has 28 heavy (non-hydrogen) atoms. The van der Waals surface area contributed by atoms with E-state index in [2.05, 4.69) is 20.3 Å². The Hall–Kier alpha value is -2.68. The van der Waals surface area contributed by atoms with Gasteiger partial charge in [-0.15, -0.1) is 0 Å². The molecular weight excluding hydrogens is 362 g/mol. The summed E-state index contributed by atoms with van der Waals surface area (Å²) in [4.78, 5) is 43.2. The Morgan fingerprint density at radius 3 is 2.71 bits per heavy atom. The number of fused-ring (bicyclic) bond motifs is 1. The highest BCUT2D eigenvalue weighted by molar-refractivity contribution is 5.95. The molecule has 2 aromatic heterocycles. The van der Waals surface area contributed by atoms with E-state index in [1.165, 1.54) is 16.8 Å². The zero-order chi connectivity index (χ0) is 20.3. The minimum atomic E-state index is -0.512. The van der Waals surface area contributed by atoms with E-state index in [0.29, 0.717) is 12.2 Å². The summed E-state index contributed by atoms with van der Waals surface area (Å²) < 4.78 is 6.26. The lowest BCUT2D eigenvalue weighted by Crippen LogP contribution is -2.42. The van der Waals surface area contributed by atoms with Crippen LogP contribution in [0.3, 0.4) is 0 Å². The summed E-state index contributed by atoms with van der Waals surface area (Å²) >= 11 is 0. The lowest BCUT2D eigenvalue weighted by Gasteiger charge is -2.31. The number of amides is 1. The van der Waals surface area contributed by atoms with Gasteiger partial charge in [0.15, 0.2) is 5.65 Å². The maximum atomic E-state index is 12.3. The van der Waals surface area contributed by atoms with E-state index in [-0.39, 0.29) is 41.2 Å². The number of nitrogens with zero attached hydrogens (tertiary/aromatic N) is 3. The summed E-state index contributed by atoms with van der Waals surface area (Å²) in [6, 6.07) is 1.61. The molecule has 0 spiro atoms. The van der Waals surface area contributed by atoms with Gasteiger partial charge in [-0.2, -0.15) is 0 Å². The Kier molecular flexibility index (Phi) is 6.13. The number of aromatic nitrogens is 3. The van der Waals surface area contributed by atoms with Crippen LogP contribution in [0.25, 0.3) is 5.65 Å². The molecule has 152 valence electrons. The van der Waals surface area contributed by atoms with Gasteiger partial charge in [0.1, 0.15) is 5.56 Å². The molecule has 0 bridgehead atoms. The normalized spacial score (nSPS) is 15.9. The summed E-state index contributed by atoms with van der Waals surface area (Å²) in [6.07, 6.45) is 2.99. The second-order valence-corrected chi connectivity index (χ2v) is 7.37. The van der Waals surface area contributed by atoms with Crippen molar-refractivity contribution in [2.75, 3.05) is 19.7 Å². The van der Waals surface area contributed by atoms with Gasteiger partial charge in [-0.05, 0) is 46.7 Å². The van der Waals surface area contributed by atoms with Crippen LogP contribution in [-0.4, -0.2) is 57.1 Å². The predicted octanol–water partition coefficient (Wildman–Crippen LogP) is 0.936. The first kappa shape index (κ1) is 20.1. The average Bonchev–Trinajstić information content (AvgIpc) is 3.06. The van der Waals surface area contributed by atoms with E-state index in [4.69, 9.17) is 4.74 Å². The van der Waals surface area contributed by atoms with Crippen LogP contribution in [0.2, 0.25) is 0 Å². The van der Waals surface area contributed by atoms with Crippen molar-refractivity contribution < 1.29 is 14.3 Å². The number of nitrogens with one attached hydrogen (secondary N) is 2. The summed E-state index contributed by atoms with van der Waals surface area (Å²) in [7, 11) is 0. The van der Waals surface area contributed by atoms with Crippen molar-refractivity contribution in [2.45, 2.75) is 46.2 Å². The Bertz CT molecular complexity index is 909. The Morgan fingerprint density at radius 2 is 2.07 bits per heavy atom. The van der Waals surface area contributed by atoms with Gasteiger partial charge in [0, 0.05) is 30.8 Å². The van der Waals surface area contributed by atoms with Crippen LogP contribution in [0, 0.1) is 5.92 Å². The molecule has 0 aliphatic carbocycles. The number of carbonyl (C=O) groups is 2. The monoisotopic (exact) mass is 389 g/mol. The molecule has 1 fully saturated rings. The molecule has 9 heteroatoms. The van der Waals surface area contributed by atoms with Crippen LogP contribution in [0.4, 0.5) is 0 Å². The zero-order valence-electron chi connectivity index (χ0n) is 16.5. The van der Waals surface area contributed by atoms with Crippen LogP contribution >= 0.6 is 0 Å². The van der Waals surface area contributed by atoms with Gasteiger partial charge < -0.3 is 10.1 Å². The summed E-state index contributed by atoms with van der Waals surface area (Å²) in [5.74, 6) is -0.374. The van der Waals surface area contributed by atoms with Gasteiger partial charge in [0.2, 0.25) is 5.91 Å². The first-order valence-electron chi connectivity index (χ1n) is 9.69. The second kappa shape index (κ2) is 8.55. The first-order chi connectivity index (χ1) is 13.4. The molecule has 1 aliphatic heterocycles. The largest absolute Gasteiger partial charge is 0.462 e. The van der Waals surface area contributed by atoms with Crippen LogP contribution in [-0.2, 0) is 16.1 Å². The van der Waals surface area contributed by atoms with Crippen molar-refractivity contribution in [1.29, 1.82) is 0 Å². The van der Waals surface area contributed by atoms with E-state index in [0.717, 1.165) is 25.9 Å². The Labute approximate surface area is 163 Å². The van der Waals surface area contributed by atoms with Crippen molar-refractivity contribution >= 4 is 17.5 Å². The van der Waals surface area contributed by atoms with E-state index in [1.807, 2.05) is 13.8 Å². The summed E-state index contributed by atoms with van der Waals surface area (Å²) in [6.45, 7) is 7.90. The van der Waals surface area contributed by atoms with Crippen molar-refractivity contribution in [3.63, 3.8) is 0 Å². The molecule has 2 N–H and O–H groups in total. The highest BCUT2D eigenvalue weighted by Gasteiger charge is 2.26. The number of likely N-dealkylation sites (tertiary alicyclic amines) is 1. The minimum Gasteiger partial charge on any atom is -0.462 e. The third-order valence-electron chi connectivity index (χ3n) is 4.82. The number of hydrogen-bond donors (Lipinski definition) is 2. The number of aromatic amines is 1. The first-order valence-corrected chi connectivity index (χ1v) is 9.69. The third-order valence-corrected chi connectivity index (χ3v) is 4.82. The molecule has 0 unspecified atom stereocenters. The van der Waals surface area contributed by atoms with Gasteiger partial charge in [-0.25, -0.2) is 14.3 Å². The van der Waals surface area contributed by atoms with Crippen molar-refractivity contribution in [3.8, 4) is 0 Å². The molecule has 1 saturated heterocycles. The van der Waals surface area contributed by atoms with Gasteiger partial charge >= 0.3 is 5.97 Å². The van der Waals surface area contributed by atoms with Crippen molar-refractivity contribution in [1.82, 2.24) is 24.8 Å². The molecule has 3 rings (SSSR count). The van der Waals surface area contributed by atoms with Crippen LogP contribution in [0.1, 0.15) is 49.7 Å². The number of H-pyrrole nitrogens is 1. The quantitative estimate of drug-likeness (QED) is 0.712. The number of piperidine rings is 1. The molecule has 3 heterocycles. The van der Waals surface area contributed by atoms with E-state index in [1.54, 1.807) is 6.92 Å². The average molecular weight is 389 g/mol. The van der Waals surface area contributed by atoms with Crippen LogP contribution in [0.5, 0.6) is 0 Å². The fourth-order valence-electron chi connectivity index (χ4n) is 3.45. The molecule has 0 aromatic carbocycles. The lowest BCUT2D eigenvalue weighted by atomic mass is 9.95. The van der Waals surface area contributed by atoms with Crippen molar-refractivity contribution in [2.24, 2.45) is 5.92 Å². The van der Waals surface area contributed by atoms with Crippen LogP contribution < -0.4 is 10.9 Å². The Morgan fingerprint density at radius 1 is 1.36 bits per heavy atom. The predicted molar refractivity (Wildman–Crippen MR) is 103 cm³/mol. The molecular formula is C19H27N5O4. The third kappa shape index (κ3) is 4.41. The topological polar surface area (TPSA) is 109 Å². The highest BCUT2D eigenvalue weighted by atomic mass is 16.5. The molecule has 0 radical (unpaired) electrons. The highest BCUT2D eigenvalue weighted by Crippen LogP contribution is 2.19. The molecule has 0 saturated carbocycles. The fourth-order valence-corrected chi connectivity index (χ4v) is 3.45. The van der Waals surface area contributed by atoms with Gasteiger partial charge in [0.25, 0.3) is 5.56 Å². The molecule has 9 nitrogen and oxygen atoms in total. The number of carbonyl (C=O) groups excluding carboxylic acids is 2. The standard InChI is InChI=1S/C19H27N5O4/c1-4-28-19(27)15-10-20-24-16(25)9-14(22-17(15)24)11-23-7-5-13(6-8-23)18(26)21-12(2)3/h9-10,12-13,20H,4-8,11H2,1-3H3,(H,21,26).